The largest absolute Gasteiger partial charge is 0.507 e. The van der Waals surface area contributed by atoms with E-state index in [1.807, 2.05) is 31.2 Å². The summed E-state index contributed by atoms with van der Waals surface area (Å²) in [4.78, 5) is 45.5. The molecule has 2 aromatic carbocycles. The number of anilines is 1. The number of hydrogen-bond donors (Lipinski definition) is 1. The first-order chi connectivity index (χ1) is 18.6. The molecule has 1 fully saturated rings. The van der Waals surface area contributed by atoms with Gasteiger partial charge in [-0.2, -0.15) is 0 Å². The van der Waals surface area contributed by atoms with Crippen molar-refractivity contribution in [2.75, 3.05) is 11.5 Å². The van der Waals surface area contributed by atoms with Crippen LogP contribution in [0.1, 0.15) is 77.3 Å². The Morgan fingerprint density at radius 3 is 2.59 bits per heavy atom. The minimum Gasteiger partial charge on any atom is -0.507 e. The number of aliphatic hydroxyl groups is 1. The van der Waals surface area contributed by atoms with E-state index in [1.54, 1.807) is 32.0 Å². The second kappa shape index (κ2) is 10.3. The summed E-state index contributed by atoms with van der Waals surface area (Å²) < 4.78 is 10.9. The maximum Gasteiger partial charge on any atom is 0.350 e. The van der Waals surface area contributed by atoms with E-state index in [9.17, 15) is 19.5 Å². The van der Waals surface area contributed by atoms with Crippen LogP contribution in [-0.2, 0) is 20.7 Å². The summed E-state index contributed by atoms with van der Waals surface area (Å²) in [7, 11) is 0. The van der Waals surface area contributed by atoms with Crippen molar-refractivity contribution in [2.24, 2.45) is 0 Å². The summed E-state index contributed by atoms with van der Waals surface area (Å²) in [5, 5.41) is 11.7. The Morgan fingerprint density at radius 1 is 1.21 bits per heavy atom. The first-order valence-electron chi connectivity index (χ1n) is 13.0. The second-order valence-corrected chi connectivity index (χ2v) is 11.1. The van der Waals surface area contributed by atoms with E-state index < -0.39 is 23.7 Å². The first-order valence-corrected chi connectivity index (χ1v) is 13.8. The highest BCUT2D eigenvalue weighted by molar-refractivity contribution is 7.17. The molecule has 9 heteroatoms. The topological polar surface area (TPSA) is 106 Å². The van der Waals surface area contributed by atoms with Crippen molar-refractivity contribution in [1.29, 1.82) is 0 Å². The standard InChI is InChI=1S/C30H30N2O6S/c1-6-37-29(36)27-17(5)31-30(39-27)32-24(19-9-7-18(8-10-19)15(2)3)23(26(34)28(32)35)25(33)20-11-12-22-21(14-20)13-16(4)38-22/h7-12,14-16,24,33H,6,13H2,1-5H3/b25-23+/t16-,24+/m0/s1. The number of aliphatic hydroxyl groups excluding tert-OH is 1. The highest BCUT2D eigenvalue weighted by Crippen LogP contribution is 2.44. The van der Waals surface area contributed by atoms with Crippen LogP contribution in [0.4, 0.5) is 5.13 Å². The van der Waals surface area contributed by atoms with Crippen molar-refractivity contribution in [3.8, 4) is 5.75 Å². The molecule has 39 heavy (non-hydrogen) atoms. The number of carbonyl (C=O) groups is 3. The number of aryl methyl sites for hydroxylation is 1. The predicted octanol–water partition coefficient (Wildman–Crippen LogP) is 5.70. The molecule has 8 nitrogen and oxygen atoms in total. The van der Waals surface area contributed by atoms with Gasteiger partial charge in [0.15, 0.2) is 5.13 Å². The zero-order chi connectivity index (χ0) is 28.0. The van der Waals surface area contributed by atoms with E-state index in [0.29, 0.717) is 23.2 Å². The smallest absolute Gasteiger partial charge is 0.350 e. The number of ether oxygens (including phenoxy) is 2. The molecule has 0 unspecified atom stereocenters. The Kier molecular flexibility index (Phi) is 7.03. The number of carbonyl (C=O) groups excluding carboxylic acids is 3. The fraction of sp³-hybridized carbons (Fsp3) is 0.333. The monoisotopic (exact) mass is 546 g/mol. The number of benzene rings is 2. The summed E-state index contributed by atoms with van der Waals surface area (Å²) in [6, 6.07) is 11.9. The van der Waals surface area contributed by atoms with Gasteiger partial charge in [-0.05, 0) is 61.6 Å². The summed E-state index contributed by atoms with van der Waals surface area (Å²) in [6.45, 7) is 9.68. The molecular weight excluding hydrogens is 516 g/mol. The van der Waals surface area contributed by atoms with Crippen LogP contribution >= 0.6 is 11.3 Å². The van der Waals surface area contributed by atoms with Crippen molar-refractivity contribution in [2.45, 2.75) is 59.1 Å². The molecule has 0 spiro atoms. The van der Waals surface area contributed by atoms with E-state index >= 15 is 0 Å². The van der Waals surface area contributed by atoms with Gasteiger partial charge in [-0.1, -0.05) is 49.4 Å². The molecule has 0 radical (unpaired) electrons. The minimum atomic E-state index is -0.935. The number of fused-ring (bicyclic) bond motifs is 1. The lowest BCUT2D eigenvalue weighted by Gasteiger charge is -2.23. The second-order valence-electron chi connectivity index (χ2n) is 10.1. The molecular formula is C30H30N2O6S. The molecule has 3 aromatic rings. The van der Waals surface area contributed by atoms with Crippen LogP contribution in [0.3, 0.4) is 0 Å². The van der Waals surface area contributed by atoms with Crippen LogP contribution in [0.25, 0.3) is 5.76 Å². The van der Waals surface area contributed by atoms with Crippen LogP contribution in [0.15, 0.2) is 48.0 Å². The molecule has 1 saturated heterocycles. The lowest BCUT2D eigenvalue weighted by molar-refractivity contribution is -0.132. The average Bonchev–Trinajstić information content (AvgIpc) is 3.55. The van der Waals surface area contributed by atoms with Crippen molar-refractivity contribution >= 4 is 39.9 Å². The molecule has 202 valence electrons. The third-order valence-electron chi connectivity index (χ3n) is 6.98. The molecule has 1 N–H and O–H groups in total. The first kappa shape index (κ1) is 26.6. The van der Waals surface area contributed by atoms with Gasteiger partial charge >= 0.3 is 11.9 Å². The van der Waals surface area contributed by atoms with Gasteiger partial charge in [0.2, 0.25) is 0 Å². The Bertz CT molecular complexity index is 1500. The number of Topliss-reactive ketones (excluding diaryl/α,β-unsaturated/α-hetero) is 1. The third-order valence-corrected chi connectivity index (χ3v) is 8.12. The number of nitrogens with zero attached hydrogens (tertiary/aromatic N) is 2. The minimum absolute atomic E-state index is 0.0178. The normalized spacial score (nSPS) is 19.9. The molecule has 3 heterocycles. The Balaban J connectivity index is 1.66. The number of amides is 1. The fourth-order valence-corrected chi connectivity index (χ4v) is 5.99. The van der Waals surface area contributed by atoms with Gasteiger partial charge in [-0.15, -0.1) is 0 Å². The number of aromatic nitrogens is 1. The quantitative estimate of drug-likeness (QED) is 0.183. The Morgan fingerprint density at radius 2 is 1.92 bits per heavy atom. The summed E-state index contributed by atoms with van der Waals surface area (Å²) in [5.41, 5.74) is 3.46. The van der Waals surface area contributed by atoms with Crippen LogP contribution in [0.5, 0.6) is 5.75 Å². The fourth-order valence-electron chi connectivity index (χ4n) is 5.00. The highest BCUT2D eigenvalue weighted by atomic mass is 32.1. The van der Waals surface area contributed by atoms with Gasteiger partial charge < -0.3 is 14.6 Å². The van der Waals surface area contributed by atoms with E-state index in [2.05, 4.69) is 18.8 Å². The summed E-state index contributed by atoms with van der Waals surface area (Å²) in [5.74, 6) is -1.42. The maximum atomic E-state index is 13.5. The Hall–Kier alpha value is -3.98. The summed E-state index contributed by atoms with van der Waals surface area (Å²) >= 11 is 0.990. The molecule has 5 rings (SSSR count). The van der Waals surface area contributed by atoms with Gasteiger partial charge in [0.25, 0.3) is 5.78 Å². The van der Waals surface area contributed by atoms with Gasteiger partial charge in [0, 0.05) is 12.0 Å². The van der Waals surface area contributed by atoms with E-state index in [-0.39, 0.29) is 40.0 Å². The SMILES string of the molecule is CCOC(=O)c1sc(N2C(=O)C(=O)/C(=C(/O)c3ccc4c(c3)C[C@H](C)O4)[C@H]2c2ccc(C(C)C)cc2)nc1C. The lowest BCUT2D eigenvalue weighted by atomic mass is 9.93. The Labute approximate surface area is 230 Å². The molecule has 2 atom stereocenters. The van der Waals surface area contributed by atoms with Crippen molar-refractivity contribution < 1.29 is 29.0 Å². The number of ketones is 1. The van der Waals surface area contributed by atoms with Crippen LogP contribution in [0, 0.1) is 6.92 Å². The van der Waals surface area contributed by atoms with E-state index in [4.69, 9.17) is 9.47 Å². The van der Waals surface area contributed by atoms with Gasteiger partial charge in [-0.25, -0.2) is 9.78 Å². The molecule has 2 aliphatic heterocycles. The van der Waals surface area contributed by atoms with Crippen molar-refractivity contribution in [3.05, 3.63) is 80.9 Å². The maximum absolute atomic E-state index is 13.5. The van der Waals surface area contributed by atoms with E-state index in [1.165, 1.54) is 4.90 Å². The molecule has 2 aliphatic rings. The molecule has 0 aliphatic carbocycles. The molecule has 1 amide bonds. The highest BCUT2D eigenvalue weighted by Gasteiger charge is 2.48. The number of thiazole rings is 1. The molecule has 0 bridgehead atoms. The van der Waals surface area contributed by atoms with Crippen molar-refractivity contribution in [3.63, 3.8) is 0 Å². The number of hydrogen-bond acceptors (Lipinski definition) is 8. The van der Waals surface area contributed by atoms with Crippen LogP contribution in [0.2, 0.25) is 0 Å². The van der Waals surface area contributed by atoms with E-state index in [0.717, 1.165) is 28.2 Å². The molecule has 0 saturated carbocycles. The third kappa shape index (κ3) is 4.71. The lowest BCUT2D eigenvalue weighted by Crippen LogP contribution is -2.29. The average molecular weight is 547 g/mol. The van der Waals surface area contributed by atoms with Crippen molar-refractivity contribution in [1.82, 2.24) is 4.98 Å². The molecule has 1 aromatic heterocycles. The van der Waals surface area contributed by atoms with Crippen LogP contribution < -0.4 is 9.64 Å². The van der Waals surface area contributed by atoms with Gasteiger partial charge in [0.05, 0.1) is 23.9 Å². The predicted molar refractivity (Wildman–Crippen MR) is 148 cm³/mol. The zero-order valence-corrected chi connectivity index (χ0v) is 23.3. The summed E-state index contributed by atoms with van der Waals surface area (Å²) in [6.07, 6.45) is 0.698. The van der Waals surface area contributed by atoms with Crippen LogP contribution in [-0.4, -0.2) is 40.5 Å². The number of esters is 1. The number of rotatable bonds is 6. The van der Waals surface area contributed by atoms with Gasteiger partial charge in [0.1, 0.15) is 22.5 Å². The van der Waals surface area contributed by atoms with Gasteiger partial charge in [-0.3, -0.25) is 14.5 Å². The zero-order valence-electron chi connectivity index (χ0n) is 22.5.